The van der Waals surface area contributed by atoms with E-state index in [1.165, 1.54) is 16.9 Å². The largest absolute Gasteiger partial charge is 0.319 e. The first kappa shape index (κ1) is 14.7. The summed E-state index contributed by atoms with van der Waals surface area (Å²) in [5, 5.41) is 6.84. The maximum absolute atomic E-state index is 13.7. The van der Waals surface area contributed by atoms with Crippen molar-refractivity contribution >= 4 is 34.2 Å². The number of aromatic nitrogens is 2. The van der Waals surface area contributed by atoms with Crippen LogP contribution >= 0.6 is 22.6 Å². The summed E-state index contributed by atoms with van der Waals surface area (Å²) >= 11 is 2.11. The molecule has 0 saturated heterocycles. The van der Waals surface area contributed by atoms with Crippen LogP contribution in [0.5, 0.6) is 0 Å². The van der Waals surface area contributed by atoms with Gasteiger partial charge in [-0.25, -0.2) is 9.07 Å². The lowest BCUT2D eigenvalue weighted by Gasteiger charge is -2.04. The summed E-state index contributed by atoms with van der Waals surface area (Å²) in [5.74, 6) is -0.598. The molecule has 110 valence electrons. The predicted molar refractivity (Wildman–Crippen MR) is 90.6 cm³/mol. The van der Waals surface area contributed by atoms with E-state index in [4.69, 9.17) is 0 Å². The molecule has 1 aromatic heterocycles. The molecule has 0 saturated carbocycles. The van der Waals surface area contributed by atoms with Gasteiger partial charge in [0.1, 0.15) is 11.5 Å². The minimum absolute atomic E-state index is 0.224. The van der Waals surface area contributed by atoms with Crippen LogP contribution in [0.1, 0.15) is 10.4 Å². The molecule has 0 radical (unpaired) electrons. The van der Waals surface area contributed by atoms with Crippen molar-refractivity contribution in [2.45, 2.75) is 0 Å². The Labute approximate surface area is 140 Å². The van der Waals surface area contributed by atoms with Crippen LogP contribution in [-0.4, -0.2) is 15.7 Å². The van der Waals surface area contributed by atoms with E-state index in [-0.39, 0.29) is 11.7 Å². The summed E-state index contributed by atoms with van der Waals surface area (Å²) in [6.07, 6.45) is 3.06. The van der Waals surface area contributed by atoms with Crippen LogP contribution in [0.15, 0.2) is 60.9 Å². The third-order valence-corrected chi connectivity index (χ3v) is 4.00. The lowest BCUT2D eigenvalue weighted by atomic mass is 10.2. The first-order valence-corrected chi connectivity index (χ1v) is 7.58. The van der Waals surface area contributed by atoms with E-state index in [1.807, 2.05) is 12.1 Å². The quantitative estimate of drug-likeness (QED) is 0.671. The number of carbonyl (C=O) groups excluding carboxylic acids is 1. The Morgan fingerprint density at radius 1 is 1.14 bits per heavy atom. The van der Waals surface area contributed by atoms with Crippen LogP contribution in [0.4, 0.5) is 10.1 Å². The number of anilines is 1. The second kappa shape index (κ2) is 6.27. The topological polar surface area (TPSA) is 46.9 Å². The number of nitrogens with zero attached hydrogens (tertiary/aromatic N) is 2. The highest BCUT2D eigenvalue weighted by molar-refractivity contribution is 14.1. The molecule has 0 fully saturated rings. The second-order valence-electron chi connectivity index (χ2n) is 4.56. The lowest BCUT2D eigenvalue weighted by Crippen LogP contribution is -2.12. The number of carbonyl (C=O) groups is 1. The van der Waals surface area contributed by atoms with E-state index in [1.54, 1.807) is 36.5 Å². The van der Waals surface area contributed by atoms with Crippen molar-refractivity contribution in [3.05, 3.63) is 75.9 Å². The van der Waals surface area contributed by atoms with Crippen molar-refractivity contribution in [2.24, 2.45) is 0 Å². The van der Waals surface area contributed by atoms with Crippen molar-refractivity contribution in [3.8, 4) is 5.69 Å². The van der Waals surface area contributed by atoms with Gasteiger partial charge in [0.25, 0.3) is 5.91 Å². The van der Waals surface area contributed by atoms with Crippen molar-refractivity contribution in [1.29, 1.82) is 0 Å². The van der Waals surface area contributed by atoms with Crippen LogP contribution < -0.4 is 5.32 Å². The number of nitrogens with one attached hydrogen (secondary N) is 1. The zero-order valence-electron chi connectivity index (χ0n) is 11.3. The first-order chi connectivity index (χ1) is 10.6. The molecule has 0 aliphatic rings. The van der Waals surface area contributed by atoms with E-state index in [0.717, 1.165) is 3.57 Å². The fourth-order valence-electron chi connectivity index (χ4n) is 2.00. The third-order valence-electron chi connectivity index (χ3n) is 3.06. The van der Waals surface area contributed by atoms with Crippen LogP contribution in [-0.2, 0) is 0 Å². The Hall–Kier alpha value is -2.22. The van der Waals surface area contributed by atoms with E-state index in [9.17, 15) is 9.18 Å². The van der Waals surface area contributed by atoms with Gasteiger partial charge in [-0.15, -0.1) is 0 Å². The molecule has 3 rings (SSSR count). The number of hydrogen-bond donors (Lipinski definition) is 1. The minimum atomic E-state index is -0.374. The van der Waals surface area contributed by atoms with Crippen molar-refractivity contribution in [1.82, 2.24) is 9.78 Å². The Bertz CT molecular complexity index is 832. The Kier molecular flexibility index (Phi) is 4.19. The van der Waals surface area contributed by atoms with Gasteiger partial charge >= 0.3 is 0 Å². The molecule has 0 aliphatic heterocycles. The summed E-state index contributed by atoms with van der Waals surface area (Å²) in [5.41, 5.74) is 1.42. The van der Waals surface area contributed by atoms with Crippen molar-refractivity contribution in [2.75, 3.05) is 5.32 Å². The number of amides is 1. The van der Waals surface area contributed by atoms with E-state index >= 15 is 0 Å². The molecule has 3 aromatic rings. The standard InChI is InChI=1S/C16H11FIN3O/c17-13-6-2-4-8-15(13)21-10-11(9-19-21)20-16(22)12-5-1-3-7-14(12)18/h1-10H,(H,20,22). The third kappa shape index (κ3) is 3.01. The predicted octanol–water partition coefficient (Wildman–Crippen LogP) is 3.87. The molecular weight excluding hydrogens is 396 g/mol. The van der Waals surface area contributed by atoms with Gasteiger partial charge in [-0.2, -0.15) is 5.10 Å². The molecule has 0 bridgehead atoms. The smallest absolute Gasteiger partial charge is 0.256 e. The maximum atomic E-state index is 13.7. The molecule has 0 unspecified atom stereocenters. The van der Waals surface area contributed by atoms with Gasteiger partial charge in [0.2, 0.25) is 0 Å². The highest BCUT2D eigenvalue weighted by Crippen LogP contribution is 2.17. The summed E-state index contributed by atoms with van der Waals surface area (Å²) in [6, 6.07) is 13.6. The van der Waals surface area contributed by atoms with Gasteiger partial charge in [-0.3, -0.25) is 4.79 Å². The zero-order valence-corrected chi connectivity index (χ0v) is 13.5. The second-order valence-corrected chi connectivity index (χ2v) is 5.72. The van der Waals surface area contributed by atoms with Crippen molar-refractivity contribution < 1.29 is 9.18 Å². The molecule has 1 heterocycles. The number of halogens is 2. The molecule has 0 atom stereocenters. The number of rotatable bonds is 3. The highest BCUT2D eigenvalue weighted by atomic mass is 127. The fraction of sp³-hybridized carbons (Fsp3) is 0. The lowest BCUT2D eigenvalue weighted by molar-refractivity contribution is 0.102. The van der Waals surface area contributed by atoms with Crippen LogP contribution in [0.2, 0.25) is 0 Å². The average Bonchev–Trinajstić information content (AvgIpc) is 2.96. The number of hydrogen-bond acceptors (Lipinski definition) is 2. The Morgan fingerprint density at radius 2 is 1.86 bits per heavy atom. The van der Waals surface area contributed by atoms with E-state index < -0.39 is 0 Å². The SMILES string of the molecule is O=C(Nc1cnn(-c2ccccc2F)c1)c1ccccc1I. The maximum Gasteiger partial charge on any atom is 0.256 e. The zero-order chi connectivity index (χ0) is 15.5. The molecule has 0 aliphatic carbocycles. The molecule has 6 heteroatoms. The van der Waals surface area contributed by atoms with Crippen LogP contribution in [0, 0.1) is 9.39 Å². The minimum Gasteiger partial charge on any atom is -0.319 e. The Morgan fingerprint density at radius 3 is 2.64 bits per heavy atom. The summed E-state index contributed by atoms with van der Waals surface area (Å²) < 4.78 is 16.0. The highest BCUT2D eigenvalue weighted by Gasteiger charge is 2.11. The molecule has 1 N–H and O–H groups in total. The first-order valence-electron chi connectivity index (χ1n) is 6.50. The monoisotopic (exact) mass is 407 g/mol. The van der Waals surface area contributed by atoms with E-state index in [0.29, 0.717) is 16.9 Å². The molecule has 4 nitrogen and oxygen atoms in total. The van der Waals surface area contributed by atoms with Crippen LogP contribution in [0.3, 0.4) is 0 Å². The van der Waals surface area contributed by atoms with Crippen LogP contribution in [0.25, 0.3) is 5.69 Å². The summed E-state index contributed by atoms with van der Waals surface area (Å²) in [4.78, 5) is 12.2. The van der Waals surface area contributed by atoms with E-state index in [2.05, 4.69) is 33.0 Å². The van der Waals surface area contributed by atoms with Gasteiger partial charge in [0.05, 0.1) is 23.6 Å². The summed E-state index contributed by atoms with van der Waals surface area (Å²) in [6.45, 7) is 0. The van der Waals surface area contributed by atoms with Crippen molar-refractivity contribution in [3.63, 3.8) is 0 Å². The normalized spacial score (nSPS) is 10.5. The molecule has 0 spiro atoms. The molecule has 1 amide bonds. The number of benzene rings is 2. The molecule has 22 heavy (non-hydrogen) atoms. The fourth-order valence-corrected chi connectivity index (χ4v) is 2.63. The van der Waals surface area contributed by atoms with Gasteiger partial charge < -0.3 is 5.32 Å². The van der Waals surface area contributed by atoms with Gasteiger partial charge in [-0.05, 0) is 46.9 Å². The average molecular weight is 407 g/mol. The number of para-hydroxylation sites is 1. The van der Waals surface area contributed by atoms with Gasteiger partial charge in [0, 0.05) is 3.57 Å². The van der Waals surface area contributed by atoms with Gasteiger partial charge in [0.15, 0.2) is 0 Å². The molecule has 2 aromatic carbocycles. The molecular formula is C16H11FIN3O. The Balaban J connectivity index is 1.82. The summed E-state index contributed by atoms with van der Waals surface area (Å²) in [7, 11) is 0. The van der Waals surface area contributed by atoms with Gasteiger partial charge in [-0.1, -0.05) is 24.3 Å².